The molecular formula is C22H26N4. The molecule has 0 heterocycles. The fraction of sp³-hybridized carbons (Fsp3) is 0.182. The summed E-state index contributed by atoms with van der Waals surface area (Å²) in [4.78, 5) is 2.11. The van der Waals surface area contributed by atoms with E-state index in [0.717, 1.165) is 11.4 Å². The maximum absolute atomic E-state index is 5.89. The number of nitrogens with zero attached hydrogens (tertiary/aromatic N) is 2. The minimum absolute atomic E-state index is 0.143. The van der Waals surface area contributed by atoms with Crippen LogP contribution in [-0.4, -0.2) is 21.1 Å². The van der Waals surface area contributed by atoms with Crippen molar-refractivity contribution in [2.45, 2.75) is 5.92 Å². The highest BCUT2D eigenvalue weighted by atomic mass is 15.4. The average Bonchev–Trinajstić information content (AvgIpc) is 2.64. The summed E-state index contributed by atoms with van der Waals surface area (Å²) >= 11 is 0. The summed E-state index contributed by atoms with van der Waals surface area (Å²) in [5, 5.41) is 1.62. The lowest BCUT2D eigenvalue weighted by Gasteiger charge is -2.21. The number of hydrogen-bond donors (Lipinski definition) is 2. The van der Waals surface area contributed by atoms with Gasteiger partial charge in [0, 0.05) is 38.4 Å². The first kappa shape index (κ1) is 17.8. The van der Waals surface area contributed by atoms with Crippen molar-refractivity contribution in [2.24, 2.45) is 5.84 Å². The predicted molar refractivity (Wildman–Crippen MR) is 112 cm³/mol. The van der Waals surface area contributed by atoms with Crippen LogP contribution >= 0.6 is 0 Å². The SMILES string of the molecule is CN(C)c1ccc(C(c2ccc(N)cc2)c2ccc(N(C)N)cc2)cc1. The molecule has 3 aromatic rings. The van der Waals surface area contributed by atoms with Crippen molar-refractivity contribution in [1.82, 2.24) is 0 Å². The Balaban J connectivity index is 2.05. The third kappa shape index (κ3) is 3.81. The molecule has 0 aliphatic carbocycles. The highest BCUT2D eigenvalue weighted by molar-refractivity contribution is 5.54. The van der Waals surface area contributed by atoms with E-state index in [1.807, 2.05) is 31.3 Å². The number of hydrogen-bond acceptors (Lipinski definition) is 4. The van der Waals surface area contributed by atoms with Gasteiger partial charge in [-0.25, -0.2) is 5.84 Å². The molecule has 3 rings (SSSR count). The van der Waals surface area contributed by atoms with Crippen LogP contribution in [-0.2, 0) is 0 Å². The first-order chi connectivity index (χ1) is 12.5. The molecule has 1 unspecified atom stereocenters. The van der Waals surface area contributed by atoms with Gasteiger partial charge in [0.2, 0.25) is 0 Å². The minimum Gasteiger partial charge on any atom is -0.399 e. The predicted octanol–water partition coefficient (Wildman–Crippen LogP) is 3.82. The molecule has 0 bridgehead atoms. The Labute approximate surface area is 155 Å². The lowest BCUT2D eigenvalue weighted by atomic mass is 9.85. The molecule has 26 heavy (non-hydrogen) atoms. The number of nitrogens with two attached hydrogens (primary N) is 2. The summed E-state index contributed by atoms with van der Waals surface area (Å²) in [7, 11) is 5.94. The Bertz CT molecular complexity index is 783. The van der Waals surface area contributed by atoms with Crippen LogP contribution in [0.2, 0.25) is 0 Å². The van der Waals surface area contributed by atoms with Gasteiger partial charge in [-0.3, -0.25) is 0 Å². The third-order valence-corrected chi connectivity index (χ3v) is 4.65. The standard InChI is InChI=1S/C22H26N4/c1-25(2)20-12-6-17(7-13-20)22(16-4-10-19(23)11-5-16)18-8-14-21(15-9-18)26(3)24/h4-15,22H,23-24H2,1-3H3. The smallest absolute Gasteiger partial charge is 0.0514 e. The van der Waals surface area contributed by atoms with Gasteiger partial charge in [-0.05, 0) is 53.1 Å². The molecular weight excluding hydrogens is 320 g/mol. The minimum atomic E-state index is 0.143. The topological polar surface area (TPSA) is 58.5 Å². The molecule has 1 atom stereocenters. The van der Waals surface area contributed by atoms with Crippen molar-refractivity contribution in [3.8, 4) is 0 Å². The van der Waals surface area contributed by atoms with Gasteiger partial charge < -0.3 is 15.6 Å². The number of hydrazine groups is 1. The van der Waals surface area contributed by atoms with Gasteiger partial charge in [0.05, 0.1) is 5.69 Å². The van der Waals surface area contributed by atoms with Crippen LogP contribution in [0.3, 0.4) is 0 Å². The van der Waals surface area contributed by atoms with E-state index in [4.69, 9.17) is 11.6 Å². The van der Waals surface area contributed by atoms with E-state index in [1.165, 1.54) is 22.4 Å². The second-order valence-corrected chi connectivity index (χ2v) is 6.79. The van der Waals surface area contributed by atoms with Gasteiger partial charge in [-0.1, -0.05) is 36.4 Å². The third-order valence-electron chi connectivity index (χ3n) is 4.65. The second-order valence-electron chi connectivity index (χ2n) is 6.79. The fourth-order valence-corrected chi connectivity index (χ4v) is 3.13. The number of anilines is 3. The maximum Gasteiger partial charge on any atom is 0.0514 e. The van der Waals surface area contributed by atoms with Gasteiger partial charge in [-0.15, -0.1) is 0 Å². The first-order valence-electron chi connectivity index (χ1n) is 8.67. The van der Waals surface area contributed by atoms with Crippen LogP contribution < -0.4 is 21.5 Å². The average molecular weight is 346 g/mol. The Morgan fingerprint density at radius 3 is 1.38 bits per heavy atom. The van der Waals surface area contributed by atoms with Crippen LogP contribution in [0.1, 0.15) is 22.6 Å². The molecule has 0 fully saturated rings. The zero-order valence-electron chi connectivity index (χ0n) is 15.6. The lowest BCUT2D eigenvalue weighted by molar-refractivity contribution is 0.968. The number of benzene rings is 3. The molecule has 134 valence electrons. The zero-order chi connectivity index (χ0) is 18.7. The number of nitrogen functional groups attached to an aromatic ring is 1. The van der Waals surface area contributed by atoms with Crippen molar-refractivity contribution in [2.75, 3.05) is 36.8 Å². The monoisotopic (exact) mass is 346 g/mol. The second kappa shape index (κ2) is 7.50. The van der Waals surface area contributed by atoms with E-state index in [0.29, 0.717) is 0 Å². The van der Waals surface area contributed by atoms with Crippen molar-refractivity contribution < 1.29 is 0 Å². The molecule has 0 aromatic heterocycles. The summed E-state index contributed by atoms with van der Waals surface area (Å²) in [6, 6.07) is 25.2. The van der Waals surface area contributed by atoms with Crippen LogP contribution in [0.4, 0.5) is 17.1 Å². The summed E-state index contributed by atoms with van der Waals surface area (Å²) in [6.07, 6.45) is 0. The molecule has 0 spiro atoms. The van der Waals surface area contributed by atoms with Gasteiger partial charge in [0.15, 0.2) is 0 Å². The molecule has 0 aliphatic heterocycles. The Hall–Kier alpha value is -2.98. The summed E-state index contributed by atoms with van der Waals surface area (Å²) in [5.74, 6) is 5.98. The van der Waals surface area contributed by atoms with E-state index < -0.39 is 0 Å². The normalized spacial score (nSPS) is 11.8. The van der Waals surface area contributed by atoms with Crippen LogP contribution in [0.5, 0.6) is 0 Å². The highest BCUT2D eigenvalue weighted by Crippen LogP contribution is 2.34. The molecule has 0 saturated carbocycles. The summed E-state index contributed by atoms with van der Waals surface area (Å²) in [5.41, 5.74) is 12.5. The molecule has 4 N–H and O–H groups in total. The van der Waals surface area contributed by atoms with E-state index in [9.17, 15) is 0 Å². The quantitative estimate of drug-likeness (QED) is 0.319. The van der Waals surface area contributed by atoms with Gasteiger partial charge in [0.1, 0.15) is 0 Å². The van der Waals surface area contributed by atoms with Crippen LogP contribution in [0.15, 0.2) is 72.8 Å². The van der Waals surface area contributed by atoms with E-state index in [-0.39, 0.29) is 5.92 Å². The Morgan fingerprint density at radius 2 is 1.00 bits per heavy atom. The first-order valence-corrected chi connectivity index (χ1v) is 8.67. The van der Waals surface area contributed by atoms with Crippen molar-refractivity contribution in [3.05, 3.63) is 89.5 Å². The molecule has 0 amide bonds. The Morgan fingerprint density at radius 1 is 0.615 bits per heavy atom. The summed E-state index contributed by atoms with van der Waals surface area (Å²) in [6.45, 7) is 0. The van der Waals surface area contributed by atoms with Gasteiger partial charge >= 0.3 is 0 Å². The number of rotatable bonds is 5. The van der Waals surface area contributed by atoms with Crippen molar-refractivity contribution >= 4 is 17.1 Å². The highest BCUT2D eigenvalue weighted by Gasteiger charge is 2.17. The maximum atomic E-state index is 5.89. The summed E-state index contributed by atoms with van der Waals surface area (Å²) < 4.78 is 0. The van der Waals surface area contributed by atoms with Crippen molar-refractivity contribution in [3.63, 3.8) is 0 Å². The molecule has 0 radical (unpaired) electrons. The molecule has 0 saturated heterocycles. The molecule has 3 aromatic carbocycles. The van der Waals surface area contributed by atoms with E-state index in [2.05, 4.69) is 67.5 Å². The lowest BCUT2D eigenvalue weighted by Crippen LogP contribution is -2.24. The molecule has 4 heteroatoms. The Kier molecular flexibility index (Phi) is 5.14. The van der Waals surface area contributed by atoms with Crippen LogP contribution in [0, 0.1) is 0 Å². The van der Waals surface area contributed by atoms with Crippen LogP contribution in [0.25, 0.3) is 0 Å². The van der Waals surface area contributed by atoms with Crippen molar-refractivity contribution in [1.29, 1.82) is 0 Å². The zero-order valence-corrected chi connectivity index (χ0v) is 15.6. The fourth-order valence-electron chi connectivity index (χ4n) is 3.13. The molecule has 4 nitrogen and oxygen atoms in total. The van der Waals surface area contributed by atoms with E-state index in [1.54, 1.807) is 5.01 Å². The van der Waals surface area contributed by atoms with Gasteiger partial charge in [0.25, 0.3) is 0 Å². The van der Waals surface area contributed by atoms with E-state index >= 15 is 0 Å². The largest absolute Gasteiger partial charge is 0.399 e. The van der Waals surface area contributed by atoms with Gasteiger partial charge in [-0.2, -0.15) is 0 Å². The molecule has 0 aliphatic rings.